The molecule has 2 aromatic carbocycles. The van der Waals surface area contributed by atoms with Gasteiger partial charge in [0, 0.05) is 21.2 Å². The number of hydrogen-bond acceptors (Lipinski definition) is 3. The quantitative estimate of drug-likeness (QED) is 0.828. The molecule has 0 spiro atoms. The second kappa shape index (κ2) is 6.98. The number of halogens is 1. The van der Waals surface area contributed by atoms with E-state index in [1.165, 1.54) is 10.5 Å². The van der Waals surface area contributed by atoms with Crippen molar-refractivity contribution >= 4 is 27.7 Å². The first-order valence-electron chi connectivity index (χ1n) is 6.00. The van der Waals surface area contributed by atoms with Gasteiger partial charge in [-0.25, -0.2) is 0 Å². The second-order valence-electron chi connectivity index (χ2n) is 4.04. The lowest BCUT2D eigenvalue weighted by Crippen LogP contribution is -2.09. The van der Waals surface area contributed by atoms with Crippen LogP contribution in [-0.2, 0) is 0 Å². The van der Waals surface area contributed by atoms with E-state index in [2.05, 4.69) is 34.1 Å². The van der Waals surface area contributed by atoms with Crippen LogP contribution in [0.1, 0.15) is 10.8 Å². The predicted molar refractivity (Wildman–Crippen MR) is 84.8 cm³/mol. The van der Waals surface area contributed by atoms with Crippen LogP contribution in [0, 0.1) is 0 Å². The molecular formula is C15H16BrNOS. The lowest BCUT2D eigenvalue weighted by atomic mass is 10.1. The standard InChI is InChI=1S/C15H16BrNOS/c1-18-11-6-8-12(9-7-11)19-15(10-17)13-4-2-3-5-14(13)16/h2-9,15H,10,17H2,1H3. The van der Waals surface area contributed by atoms with E-state index in [1.54, 1.807) is 18.9 Å². The third-order valence-electron chi connectivity index (χ3n) is 2.80. The van der Waals surface area contributed by atoms with Crippen molar-refractivity contribution in [3.05, 3.63) is 58.6 Å². The molecule has 0 fully saturated rings. The fourth-order valence-electron chi connectivity index (χ4n) is 1.79. The summed E-state index contributed by atoms with van der Waals surface area (Å²) in [6.07, 6.45) is 0. The van der Waals surface area contributed by atoms with Crippen LogP contribution >= 0.6 is 27.7 Å². The summed E-state index contributed by atoms with van der Waals surface area (Å²) in [7, 11) is 1.67. The van der Waals surface area contributed by atoms with Crippen molar-refractivity contribution in [1.29, 1.82) is 0 Å². The number of rotatable bonds is 5. The molecule has 0 aliphatic carbocycles. The third-order valence-corrected chi connectivity index (χ3v) is 4.80. The van der Waals surface area contributed by atoms with E-state index in [1.807, 2.05) is 30.3 Å². The largest absolute Gasteiger partial charge is 0.497 e. The van der Waals surface area contributed by atoms with Gasteiger partial charge in [0.2, 0.25) is 0 Å². The highest BCUT2D eigenvalue weighted by molar-refractivity contribution is 9.10. The minimum atomic E-state index is 0.240. The minimum absolute atomic E-state index is 0.240. The molecule has 2 N–H and O–H groups in total. The van der Waals surface area contributed by atoms with Gasteiger partial charge < -0.3 is 10.5 Å². The van der Waals surface area contributed by atoms with Crippen LogP contribution in [-0.4, -0.2) is 13.7 Å². The van der Waals surface area contributed by atoms with Gasteiger partial charge in [-0.05, 0) is 35.9 Å². The molecule has 2 rings (SSSR count). The minimum Gasteiger partial charge on any atom is -0.497 e. The number of ether oxygens (including phenoxy) is 1. The van der Waals surface area contributed by atoms with E-state index in [0.29, 0.717) is 6.54 Å². The zero-order valence-electron chi connectivity index (χ0n) is 10.7. The second-order valence-corrected chi connectivity index (χ2v) is 6.17. The average molecular weight is 338 g/mol. The maximum atomic E-state index is 5.91. The van der Waals surface area contributed by atoms with Crippen LogP contribution in [0.3, 0.4) is 0 Å². The molecule has 0 heterocycles. The lowest BCUT2D eigenvalue weighted by molar-refractivity contribution is 0.414. The van der Waals surface area contributed by atoms with Crippen molar-refractivity contribution in [2.75, 3.05) is 13.7 Å². The van der Waals surface area contributed by atoms with E-state index < -0.39 is 0 Å². The summed E-state index contributed by atoms with van der Waals surface area (Å²) in [4.78, 5) is 1.19. The van der Waals surface area contributed by atoms with Crippen molar-refractivity contribution < 1.29 is 4.74 Å². The summed E-state index contributed by atoms with van der Waals surface area (Å²) in [5.41, 5.74) is 7.14. The highest BCUT2D eigenvalue weighted by Crippen LogP contribution is 2.37. The Balaban J connectivity index is 2.17. The summed E-state index contributed by atoms with van der Waals surface area (Å²) in [6, 6.07) is 16.3. The molecule has 100 valence electrons. The molecule has 0 aliphatic heterocycles. The molecular weight excluding hydrogens is 322 g/mol. The Morgan fingerprint density at radius 3 is 2.42 bits per heavy atom. The maximum absolute atomic E-state index is 5.91. The van der Waals surface area contributed by atoms with E-state index in [0.717, 1.165) is 10.2 Å². The van der Waals surface area contributed by atoms with Gasteiger partial charge in [0.1, 0.15) is 5.75 Å². The van der Waals surface area contributed by atoms with Gasteiger partial charge in [0.15, 0.2) is 0 Å². The molecule has 2 aromatic rings. The summed E-state index contributed by atoms with van der Waals surface area (Å²) in [6.45, 7) is 0.597. The predicted octanol–water partition coefficient (Wildman–Crippen LogP) is 4.25. The van der Waals surface area contributed by atoms with E-state index >= 15 is 0 Å². The number of hydrogen-bond donors (Lipinski definition) is 1. The SMILES string of the molecule is COc1ccc(SC(CN)c2ccccc2Br)cc1. The van der Waals surface area contributed by atoms with Crippen molar-refractivity contribution in [3.8, 4) is 5.75 Å². The molecule has 1 atom stereocenters. The molecule has 0 bridgehead atoms. The Labute approximate surface area is 126 Å². The van der Waals surface area contributed by atoms with Gasteiger partial charge in [-0.1, -0.05) is 34.1 Å². The van der Waals surface area contributed by atoms with Gasteiger partial charge in [-0.2, -0.15) is 0 Å². The van der Waals surface area contributed by atoms with Crippen molar-refractivity contribution in [3.63, 3.8) is 0 Å². The molecule has 0 amide bonds. The summed E-state index contributed by atoms with van der Waals surface area (Å²) >= 11 is 5.35. The topological polar surface area (TPSA) is 35.2 Å². The molecule has 0 aliphatic rings. The Kier molecular flexibility index (Phi) is 5.31. The fourth-order valence-corrected chi connectivity index (χ4v) is 3.56. The van der Waals surface area contributed by atoms with E-state index in [9.17, 15) is 0 Å². The summed E-state index contributed by atoms with van der Waals surface area (Å²) < 4.78 is 6.27. The van der Waals surface area contributed by atoms with Crippen LogP contribution < -0.4 is 10.5 Å². The van der Waals surface area contributed by atoms with Crippen LogP contribution in [0.2, 0.25) is 0 Å². The van der Waals surface area contributed by atoms with Gasteiger partial charge in [0.05, 0.1) is 7.11 Å². The highest BCUT2D eigenvalue weighted by atomic mass is 79.9. The third kappa shape index (κ3) is 3.75. The Bertz CT molecular complexity index is 530. The smallest absolute Gasteiger partial charge is 0.118 e. The van der Waals surface area contributed by atoms with Crippen molar-refractivity contribution in [2.24, 2.45) is 5.73 Å². The van der Waals surface area contributed by atoms with Crippen molar-refractivity contribution in [2.45, 2.75) is 10.1 Å². The molecule has 4 heteroatoms. The molecule has 0 radical (unpaired) electrons. The van der Waals surface area contributed by atoms with Gasteiger partial charge in [0.25, 0.3) is 0 Å². The Morgan fingerprint density at radius 2 is 1.84 bits per heavy atom. The maximum Gasteiger partial charge on any atom is 0.118 e. The average Bonchev–Trinajstić information content (AvgIpc) is 2.46. The van der Waals surface area contributed by atoms with Crippen molar-refractivity contribution in [1.82, 2.24) is 0 Å². The number of methoxy groups -OCH3 is 1. The number of nitrogens with two attached hydrogens (primary N) is 1. The molecule has 19 heavy (non-hydrogen) atoms. The zero-order valence-corrected chi connectivity index (χ0v) is 13.1. The van der Waals surface area contributed by atoms with E-state index in [-0.39, 0.29) is 5.25 Å². The summed E-state index contributed by atoms with van der Waals surface area (Å²) in [5.74, 6) is 0.870. The molecule has 2 nitrogen and oxygen atoms in total. The van der Waals surface area contributed by atoms with Crippen LogP contribution in [0.25, 0.3) is 0 Å². The first-order chi connectivity index (χ1) is 9.24. The highest BCUT2D eigenvalue weighted by Gasteiger charge is 2.14. The molecule has 0 saturated heterocycles. The van der Waals surface area contributed by atoms with Crippen LogP contribution in [0.4, 0.5) is 0 Å². The first kappa shape index (κ1) is 14.4. The van der Waals surface area contributed by atoms with Gasteiger partial charge >= 0.3 is 0 Å². The van der Waals surface area contributed by atoms with E-state index in [4.69, 9.17) is 10.5 Å². The zero-order chi connectivity index (χ0) is 13.7. The normalized spacial score (nSPS) is 12.2. The lowest BCUT2D eigenvalue weighted by Gasteiger charge is -2.16. The Hall–Kier alpha value is -0.970. The van der Waals surface area contributed by atoms with Gasteiger partial charge in [-0.15, -0.1) is 11.8 Å². The molecule has 0 aromatic heterocycles. The first-order valence-corrected chi connectivity index (χ1v) is 7.67. The van der Waals surface area contributed by atoms with Gasteiger partial charge in [-0.3, -0.25) is 0 Å². The molecule has 1 unspecified atom stereocenters. The monoisotopic (exact) mass is 337 g/mol. The number of benzene rings is 2. The Morgan fingerprint density at radius 1 is 1.16 bits per heavy atom. The summed E-state index contributed by atoms with van der Waals surface area (Å²) in [5, 5.41) is 0.240. The number of thioether (sulfide) groups is 1. The van der Waals surface area contributed by atoms with Crippen LogP contribution in [0.15, 0.2) is 57.9 Å². The van der Waals surface area contributed by atoms with Crippen LogP contribution in [0.5, 0.6) is 5.75 Å². The molecule has 0 saturated carbocycles. The fraction of sp³-hybridized carbons (Fsp3) is 0.200.